The Morgan fingerprint density at radius 3 is 2.70 bits per heavy atom. The van der Waals surface area contributed by atoms with Gasteiger partial charge < -0.3 is 5.32 Å². The molecule has 1 heterocycles. The van der Waals surface area contributed by atoms with Crippen LogP contribution in [0.3, 0.4) is 0 Å². The lowest BCUT2D eigenvalue weighted by Crippen LogP contribution is -2.32. The quantitative estimate of drug-likeness (QED) is 0.923. The molecule has 1 aliphatic rings. The van der Waals surface area contributed by atoms with Crippen molar-refractivity contribution in [2.45, 2.75) is 26.3 Å². The van der Waals surface area contributed by atoms with Gasteiger partial charge in [-0.25, -0.2) is 0 Å². The number of halogens is 1. The fraction of sp³-hybridized carbons (Fsp3) is 0.316. The van der Waals surface area contributed by atoms with Crippen LogP contribution in [0.1, 0.15) is 23.6 Å². The van der Waals surface area contributed by atoms with Crippen molar-refractivity contribution in [3.05, 3.63) is 64.2 Å². The highest BCUT2D eigenvalue weighted by molar-refractivity contribution is 6.30. The van der Waals surface area contributed by atoms with Gasteiger partial charge in [0.1, 0.15) is 0 Å². The molecule has 0 aliphatic carbocycles. The second-order valence-corrected chi connectivity index (χ2v) is 6.50. The summed E-state index contributed by atoms with van der Waals surface area (Å²) < 4.78 is 0. The van der Waals surface area contributed by atoms with Gasteiger partial charge in [-0.05, 0) is 53.8 Å². The highest BCUT2D eigenvalue weighted by Gasteiger charge is 2.16. The topological polar surface area (TPSA) is 32.3 Å². The van der Waals surface area contributed by atoms with E-state index in [-0.39, 0.29) is 5.91 Å². The van der Waals surface area contributed by atoms with E-state index < -0.39 is 0 Å². The maximum Gasteiger partial charge on any atom is 0.221 e. The molecule has 0 saturated carbocycles. The summed E-state index contributed by atoms with van der Waals surface area (Å²) in [6.45, 7) is 4.62. The summed E-state index contributed by atoms with van der Waals surface area (Å²) in [6, 6.07) is 14.3. The third kappa shape index (κ3) is 4.34. The van der Waals surface area contributed by atoms with Gasteiger partial charge in [-0.3, -0.25) is 9.69 Å². The zero-order valence-electron chi connectivity index (χ0n) is 13.3. The number of hydrogen-bond acceptors (Lipinski definition) is 2. The molecular weight excluding hydrogens is 308 g/mol. The number of nitrogens with zero attached hydrogens (tertiary/aromatic N) is 1. The fourth-order valence-electron chi connectivity index (χ4n) is 3.02. The Balaban J connectivity index is 1.59. The Kier molecular flexibility index (Phi) is 4.99. The monoisotopic (exact) mass is 328 g/mol. The second kappa shape index (κ2) is 7.16. The minimum Gasteiger partial charge on any atom is -0.326 e. The van der Waals surface area contributed by atoms with E-state index >= 15 is 0 Å². The Morgan fingerprint density at radius 2 is 1.96 bits per heavy atom. The molecule has 0 saturated heterocycles. The number of anilines is 1. The van der Waals surface area contributed by atoms with Crippen molar-refractivity contribution >= 4 is 23.2 Å². The number of carbonyl (C=O) groups excluding carboxylic acids is 1. The van der Waals surface area contributed by atoms with Crippen molar-refractivity contribution < 1.29 is 4.79 Å². The molecule has 2 aromatic carbocycles. The molecule has 1 N–H and O–H groups in total. The molecule has 0 radical (unpaired) electrons. The van der Waals surface area contributed by atoms with Crippen LogP contribution in [0.25, 0.3) is 0 Å². The third-order valence-electron chi connectivity index (χ3n) is 4.25. The zero-order chi connectivity index (χ0) is 16.2. The van der Waals surface area contributed by atoms with E-state index in [0.29, 0.717) is 0 Å². The highest BCUT2D eigenvalue weighted by Crippen LogP contribution is 2.23. The molecule has 0 spiro atoms. The molecule has 0 fully saturated rings. The van der Waals surface area contributed by atoms with Crippen LogP contribution in [0.5, 0.6) is 0 Å². The van der Waals surface area contributed by atoms with E-state index in [0.717, 1.165) is 43.2 Å². The highest BCUT2D eigenvalue weighted by atomic mass is 35.5. The molecule has 1 aliphatic heterocycles. The van der Waals surface area contributed by atoms with Gasteiger partial charge in [0.25, 0.3) is 0 Å². The van der Waals surface area contributed by atoms with E-state index in [1.165, 1.54) is 23.6 Å². The molecule has 2 aromatic rings. The lowest BCUT2D eigenvalue weighted by molar-refractivity contribution is -0.114. The van der Waals surface area contributed by atoms with Crippen LogP contribution in [0.2, 0.25) is 5.02 Å². The molecule has 4 heteroatoms. The van der Waals surface area contributed by atoms with Crippen molar-refractivity contribution in [2.24, 2.45) is 0 Å². The Hall–Kier alpha value is -1.84. The molecule has 0 unspecified atom stereocenters. The molecule has 1 amide bonds. The van der Waals surface area contributed by atoms with Crippen molar-refractivity contribution in [3.8, 4) is 0 Å². The van der Waals surface area contributed by atoms with Crippen molar-refractivity contribution in [1.82, 2.24) is 4.90 Å². The second-order valence-electron chi connectivity index (χ2n) is 6.07. The van der Waals surface area contributed by atoms with Gasteiger partial charge in [-0.1, -0.05) is 29.8 Å². The summed E-state index contributed by atoms with van der Waals surface area (Å²) in [5.74, 6) is -0.0228. The first-order valence-corrected chi connectivity index (χ1v) is 8.34. The molecule has 0 atom stereocenters. The van der Waals surface area contributed by atoms with Crippen LogP contribution in [0.4, 0.5) is 5.69 Å². The molecule has 0 aromatic heterocycles. The van der Waals surface area contributed by atoms with Crippen molar-refractivity contribution in [1.29, 1.82) is 0 Å². The number of amides is 1. The molecular formula is C19H21ClN2O. The summed E-state index contributed by atoms with van der Waals surface area (Å²) in [7, 11) is 0. The fourth-order valence-corrected chi connectivity index (χ4v) is 3.15. The van der Waals surface area contributed by atoms with Crippen LogP contribution in [-0.2, 0) is 24.2 Å². The predicted octanol–water partition coefficient (Wildman–Crippen LogP) is 3.90. The van der Waals surface area contributed by atoms with Gasteiger partial charge in [-0.15, -0.1) is 0 Å². The minimum absolute atomic E-state index is 0.0228. The lowest BCUT2D eigenvalue weighted by atomic mass is 9.98. The summed E-state index contributed by atoms with van der Waals surface area (Å²) in [4.78, 5) is 13.6. The van der Waals surface area contributed by atoms with Crippen LogP contribution in [0, 0.1) is 0 Å². The zero-order valence-corrected chi connectivity index (χ0v) is 14.1. The number of benzene rings is 2. The minimum atomic E-state index is -0.0228. The third-order valence-corrected chi connectivity index (χ3v) is 4.50. The van der Waals surface area contributed by atoms with E-state index in [4.69, 9.17) is 11.6 Å². The van der Waals surface area contributed by atoms with E-state index in [9.17, 15) is 4.79 Å². The molecule has 120 valence electrons. The number of nitrogens with one attached hydrogen (secondary N) is 1. The first-order valence-electron chi connectivity index (χ1n) is 7.96. The van der Waals surface area contributed by atoms with Crippen LogP contribution < -0.4 is 5.32 Å². The average Bonchev–Trinajstić information content (AvgIpc) is 2.54. The summed E-state index contributed by atoms with van der Waals surface area (Å²) in [5, 5.41) is 3.64. The maximum absolute atomic E-state index is 11.1. The summed E-state index contributed by atoms with van der Waals surface area (Å²) in [6.07, 6.45) is 2.07. The van der Waals surface area contributed by atoms with Gasteiger partial charge in [-0.2, -0.15) is 0 Å². The van der Waals surface area contributed by atoms with Gasteiger partial charge in [0.15, 0.2) is 0 Å². The summed E-state index contributed by atoms with van der Waals surface area (Å²) in [5.41, 5.74) is 4.92. The predicted molar refractivity (Wildman–Crippen MR) is 94.9 cm³/mol. The van der Waals surface area contributed by atoms with Gasteiger partial charge in [0.2, 0.25) is 5.91 Å². The molecule has 3 nitrogen and oxygen atoms in total. The largest absolute Gasteiger partial charge is 0.326 e. The smallest absolute Gasteiger partial charge is 0.221 e. The number of hydrogen-bond donors (Lipinski definition) is 1. The average molecular weight is 329 g/mol. The van der Waals surface area contributed by atoms with Crippen LogP contribution in [-0.4, -0.2) is 23.9 Å². The van der Waals surface area contributed by atoms with Crippen LogP contribution in [0.15, 0.2) is 42.5 Å². The summed E-state index contributed by atoms with van der Waals surface area (Å²) >= 11 is 5.92. The number of fused-ring (bicyclic) bond motifs is 1. The lowest BCUT2D eigenvalue weighted by Gasteiger charge is -2.29. The van der Waals surface area contributed by atoms with Crippen molar-refractivity contribution in [3.63, 3.8) is 0 Å². The van der Waals surface area contributed by atoms with Gasteiger partial charge in [0.05, 0.1) is 0 Å². The van der Waals surface area contributed by atoms with Crippen molar-refractivity contribution in [2.75, 3.05) is 18.4 Å². The number of rotatable bonds is 4. The Bertz CT molecular complexity index is 697. The number of carbonyl (C=O) groups is 1. The molecule has 23 heavy (non-hydrogen) atoms. The molecule has 3 rings (SSSR count). The van der Waals surface area contributed by atoms with E-state index in [1.807, 2.05) is 18.2 Å². The Morgan fingerprint density at radius 1 is 1.17 bits per heavy atom. The SMILES string of the molecule is CC(=O)Nc1ccc2c(c1)CCN(CCc1ccc(Cl)cc1)C2. The maximum atomic E-state index is 11.1. The normalized spacial score (nSPS) is 14.3. The van der Waals surface area contributed by atoms with Crippen LogP contribution >= 0.6 is 11.6 Å². The van der Waals surface area contributed by atoms with E-state index in [1.54, 1.807) is 0 Å². The van der Waals surface area contributed by atoms with Gasteiger partial charge >= 0.3 is 0 Å². The van der Waals surface area contributed by atoms with E-state index in [2.05, 4.69) is 34.5 Å². The first kappa shape index (κ1) is 16.0. The Labute approximate surface area is 142 Å². The standard InChI is InChI=1S/C19H21ClN2O/c1-14(23)21-19-7-4-17-13-22(11-9-16(17)12-19)10-8-15-2-5-18(20)6-3-15/h2-7,12H,8-11,13H2,1H3,(H,21,23). The first-order chi connectivity index (χ1) is 11.1. The molecule has 0 bridgehead atoms. The van der Waals surface area contributed by atoms with Gasteiger partial charge in [0, 0.05) is 37.3 Å².